The lowest BCUT2D eigenvalue weighted by Gasteiger charge is -2.16. The molecule has 1 aromatic rings. The van der Waals surface area contributed by atoms with Gasteiger partial charge in [-0.25, -0.2) is 0 Å². The first-order valence-corrected chi connectivity index (χ1v) is 7.81. The lowest BCUT2D eigenvalue weighted by Crippen LogP contribution is -2.27. The van der Waals surface area contributed by atoms with Crippen molar-refractivity contribution in [3.8, 4) is 0 Å². The van der Waals surface area contributed by atoms with E-state index in [0.717, 1.165) is 25.6 Å². The normalized spacial score (nSPS) is 12.9. The highest BCUT2D eigenvalue weighted by Gasteiger charge is 2.10. The molecule has 1 N–H and O–H groups in total. The van der Waals surface area contributed by atoms with Crippen molar-refractivity contribution in [3.05, 3.63) is 20.8 Å². The molecule has 0 saturated carbocycles. The summed E-state index contributed by atoms with van der Waals surface area (Å²) in [5, 5.41) is 3.47. The Morgan fingerprint density at radius 1 is 1.47 bits per heavy atom. The predicted molar refractivity (Wildman–Crippen MR) is 78.9 cm³/mol. The van der Waals surface area contributed by atoms with E-state index in [1.807, 2.05) is 11.3 Å². The minimum Gasteiger partial charge on any atom is -0.383 e. The van der Waals surface area contributed by atoms with Gasteiger partial charge in [-0.1, -0.05) is 13.3 Å². The Kier molecular flexibility index (Phi) is 8.10. The van der Waals surface area contributed by atoms with Crippen molar-refractivity contribution in [2.75, 3.05) is 26.8 Å². The van der Waals surface area contributed by atoms with Crippen LogP contribution in [0.25, 0.3) is 0 Å². The highest BCUT2D eigenvalue weighted by Crippen LogP contribution is 2.25. The molecule has 1 atom stereocenters. The van der Waals surface area contributed by atoms with Crippen LogP contribution in [0.4, 0.5) is 0 Å². The predicted octanol–water partition coefficient (Wildman–Crippen LogP) is 3.71. The van der Waals surface area contributed by atoms with Crippen LogP contribution in [0.1, 0.15) is 24.6 Å². The van der Waals surface area contributed by atoms with Gasteiger partial charge in [-0.3, -0.25) is 0 Å². The first-order valence-electron chi connectivity index (χ1n) is 6.20. The van der Waals surface area contributed by atoms with E-state index in [9.17, 15) is 0 Å². The third kappa shape index (κ3) is 6.55. The van der Waals surface area contributed by atoms with Crippen LogP contribution in [0.2, 0.25) is 0 Å². The van der Waals surface area contributed by atoms with Crippen LogP contribution in [-0.4, -0.2) is 26.8 Å². The summed E-state index contributed by atoms with van der Waals surface area (Å²) in [4.78, 5) is 1.48. The average Bonchev–Trinajstić information content (AvgIpc) is 2.70. The summed E-state index contributed by atoms with van der Waals surface area (Å²) in [5.74, 6) is 0.738. The molecule has 2 nitrogen and oxygen atoms in total. The van der Waals surface area contributed by atoms with E-state index < -0.39 is 0 Å². The molecule has 0 aliphatic carbocycles. The summed E-state index contributed by atoms with van der Waals surface area (Å²) >= 11 is 5.37. The minimum absolute atomic E-state index is 0.738. The maximum atomic E-state index is 5.04. The zero-order valence-electron chi connectivity index (χ0n) is 10.7. The number of rotatable bonds is 9. The third-order valence-corrected chi connectivity index (χ3v) is 4.38. The van der Waals surface area contributed by atoms with Gasteiger partial charge in [0, 0.05) is 18.5 Å². The summed E-state index contributed by atoms with van der Waals surface area (Å²) in [7, 11) is 1.74. The molecule has 1 rings (SSSR count). The zero-order chi connectivity index (χ0) is 12.5. The van der Waals surface area contributed by atoms with E-state index in [1.165, 1.54) is 27.9 Å². The molecule has 0 aromatic carbocycles. The fourth-order valence-corrected chi connectivity index (χ4v) is 3.51. The van der Waals surface area contributed by atoms with E-state index in [0.29, 0.717) is 0 Å². The number of nitrogens with one attached hydrogen (secondary N) is 1. The van der Waals surface area contributed by atoms with Gasteiger partial charge in [-0.15, -0.1) is 11.3 Å². The first-order chi connectivity index (χ1) is 8.26. The Balaban J connectivity index is 2.32. The van der Waals surface area contributed by atoms with Gasteiger partial charge in [-0.2, -0.15) is 0 Å². The van der Waals surface area contributed by atoms with Gasteiger partial charge in [0.15, 0.2) is 0 Å². The number of methoxy groups -OCH3 is 1. The summed E-state index contributed by atoms with van der Waals surface area (Å²) in [6.07, 6.45) is 3.72. The van der Waals surface area contributed by atoms with Gasteiger partial charge < -0.3 is 10.1 Å². The molecule has 98 valence electrons. The van der Waals surface area contributed by atoms with Gasteiger partial charge in [0.25, 0.3) is 0 Å². The van der Waals surface area contributed by atoms with Crippen molar-refractivity contribution in [3.63, 3.8) is 0 Å². The molecule has 0 radical (unpaired) electrons. The molecule has 1 unspecified atom stereocenters. The number of ether oxygens (including phenoxy) is 1. The van der Waals surface area contributed by atoms with Crippen LogP contribution in [0.3, 0.4) is 0 Å². The van der Waals surface area contributed by atoms with E-state index in [-0.39, 0.29) is 0 Å². The van der Waals surface area contributed by atoms with Crippen molar-refractivity contribution in [2.45, 2.75) is 26.2 Å². The SMILES string of the molecule is CCCC(CNCCOC)Cc1ccc(Br)s1. The van der Waals surface area contributed by atoms with E-state index in [2.05, 4.69) is 40.3 Å². The van der Waals surface area contributed by atoms with Crippen LogP contribution in [0.5, 0.6) is 0 Å². The second-order valence-electron chi connectivity index (χ2n) is 4.26. The van der Waals surface area contributed by atoms with Crippen LogP contribution in [0.15, 0.2) is 15.9 Å². The fourth-order valence-electron chi connectivity index (χ4n) is 1.91. The van der Waals surface area contributed by atoms with Crippen molar-refractivity contribution < 1.29 is 4.74 Å². The summed E-state index contributed by atoms with van der Waals surface area (Å²) in [5.41, 5.74) is 0. The molecule has 0 aliphatic rings. The van der Waals surface area contributed by atoms with E-state index in [4.69, 9.17) is 4.74 Å². The van der Waals surface area contributed by atoms with E-state index in [1.54, 1.807) is 7.11 Å². The zero-order valence-corrected chi connectivity index (χ0v) is 13.1. The Morgan fingerprint density at radius 3 is 2.88 bits per heavy atom. The lowest BCUT2D eigenvalue weighted by atomic mass is 9.99. The molecule has 0 aliphatic heterocycles. The second-order valence-corrected chi connectivity index (χ2v) is 6.81. The Hall–Kier alpha value is 0.1000. The van der Waals surface area contributed by atoms with Gasteiger partial charge in [0.1, 0.15) is 0 Å². The average molecular weight is 320 g/mol. The highest BCUT2D eigenvalue weighted by atomic mass is 79.9. The summed E-state index contributed by atoms with van der Waals surface area (Å²) in [6, 6.07) is 4.37. The molecule has 0 spiro atoms. The summed E-state index contributed by atoms with van der Waals surface area (Å²) in [6.45, 7) is 5.09. The van der Waals surface area contributed by atoms with Gasteiger partial charge >= 0.3 is 0 Å². The smallest absolute Gasteiger partial charge is 0.0701 e. The van der Waals surface area contributed by atoms with Crippen LogP contribution in [-0.2, 0) is 11.2 Å². The number of hydrogen-bond donors (Lipinski definition) is 1. The Bertz CT molecular complexity index is 303. The fraction of sp³-hybridized carbons (Fsp3) is 0.692. The molecular formula is C13H22BrNOS. The van der Waals surface area contributed by atoms with Crippen LogP contribution < -0.4 is 5.32 Å². The molecule has 17 heavy (non-hydrogen) atoms. The van der Waals surface area contributed by atoms with Crippen molar-refractivity contribution in [1.29, 1.82) is 0 Å². The molecular weight excluding hydrogens is 298 g/mol. The monoisotopic (exact) mass is 319 g/mol. The maximum absolute atomic E-state index is 5.04. The number of halogens is 1. The number of thiophene rings is 1. The van der Waals surface area contributed by atoms with Gasteiger partial charge in [0.05, 0.1) is 10.4 Å². The minimum atomic E-state index is 0.738. The molecule has 1 aromatic heterocycles. The lowest BCUT2D eigenvalue weighted by molar-refractivity contribution is 0.197. The van der Waals surface area contributed by atoms with Gasteiger partial charge in [-0.05, 0) is 53.4 Å². The second kappa shape index (κ2) is 9.09. The number of hydrogen-bond acceptors (Lipinski definition) is 3. The largest absolute Gasteiger partial charge is 0.383 e. The third-order valence-electron chi connectivity index (χ3n) is 2.73. The Morgan fingerprint density at radius 2 is 2.29 bits per heavy atom. The highest BCUT2D eigenvalue weighted by molar-refractivity contribution is 9.11. The summed E-state index contributed by atoms with van der Waals surface area (Å²) < 4.78 is 6.27. The molecule has 0 saturated heterocycles. The van der Waals surface area contributed by atoms with Crippen LogP contribution >= 0.6 is 27.3 Å². The topological polar surface area (TPSA) is 21.3 Å². The Labute approximate surface area is 117 Å². The molecule has 4 heteroatoms. The van der Waals surface area contributed by atoms with Crippen LogP contribution in [0, 0.1) is 5.92 Å². The molecule has 0 fully saturated rings. The van der Waals surface area contributed by atoms with Gasteiger partial charge in [0.2, 0.25) is 0 Å². The van der Waals surface area contributed by atoms with Crippen molar-refractivity contribution >= 4 is 27.3 Å². The standard InChI is InChI=1S/C13H22BrNOS/c1-3-4-11(10-15-7-8-16-2)9-12-5-6-13(14)17-12/h5-6,11,15H,3-4,7-10H2,1-2H3. The molecule has 1 heterocycles. The molecule has 0 amide bonds. The van der Waals surface area contributed by atoms with Crippen molar-refractivity contribution in [1.82, 2.24) is 5.32 Å². The van der Waals surface area contributed by atoms with E-state index >= 15 is 0 Å². The maximum Gasteiger partial charge on any atom is 0.0701 e. The van der Waals surface area contributed by atoms with Crippen molar-refractivity contribution in [2.24, 2.45) is 5.92 Å². The quantitative estimate of drug-likeness (QED) is 0.701. The molecule has 0 bridgehead atoms. The first kappa shape index (κ1) is 15.2.